The lowest BCUT2D eigenvalue weighted by atomic mass is 10.0. The Morgan fingerprint density at radius 1 is 1.23 bits per heavy atom. The van der Waals surface area contributed by atoms with Gasteiger partial charge in [0.2, 0.25) is 0 Å². The number of fused-ring (bicyclic) bond motifs is 1. The van der Waals surface area contributed by atoms with E-state index in [1.165, 1.54) is 5.56 Å². The van der Waals surface area contributed by atoms with Gasteiger partial charge in [-0.05, 0) is 42.2 Å². The number of rotatable bonds is 7. The van der Waals surface area contributed by atoms with E-state index in [-0.39, 0.29) is 12.3 Å². The van der Waals surface area contributed by atoms with E-state index in [1.54, 1.807) is 10.9 Å². The number of pyridine rings is 1. The average Bonchev–Trinajstić information content (AvgIpc) is 3.36. The molecule has 154 valence electrons. The first-order chi connectivity index (χ1) is 14.6. The van der Waals surface area contributed by atoms with Crippen molar-refractivity contribution in [2.75, 3.05) is 0 Å². The molecule has 0 amide bonds. The highest BCUT2D eigenvalue weighted by Crippen LogP contribution is 2.21. The number of nitrogens with zero attached hydrogens (tertiary/aromatic N) is 5. The van der Waals surface area contributed by atoms with E-state index in [1.807, 2.05) is 24.3 Å². The molecule has 0 unspecified atom stereocenters. The van der Waals surface area contributed by atoms with Gasteiger partial charge in [0.05, 0.1) is 16.9 Å². The first-order valence-corrected chi connectivity index (χ1v) is 10.1. The Kier molecular flexibility index (Phi) is 5.56. The summed E-state index contributed by atoms with van der Waals surface area (Å²) in [4.78, 5) is 24.4. The summed E-state index contributed by atoms with van der Waals surface area (Å²) in [6, 6.07) is 11.8. The molecule has 0 atom stereocenters. The average molecular weight is 404 g/mol. The first-order valence-electron chi connectivity index (χ1n) is 10.1. The second kappa shape index (κ2) is 8.44. The van der Waals surface area contributed by atoms with Gasteiger partial charge in [-0.1, -0.05) is 44.5 Å². The van der Waals surface area contributed by atoms with Crippen LogP contribution in [0.25, 0.3) is 16.9 Å². The van der Waals surface area contributed by atoms with E-state index in [0.717, 1.165) is 23.3 Å². The number of carbonyl (C=O) groups excluding carboxylic acids is 1. The van der Waals surface area contributed by atoms with E-state index >= 15 is 0 Å². The molecule has 3 heterocycles. The molecule has 0 radical (unpaired) electrons. The molecule has 4 rings (SSSR count). The van der Waals surface area contributed by atoms with Gasteiger partial charge in [-0.15, -0.1) is 5.10 Å². The van der Waals surface area contributed by atoms with Crippen molar-refractivity contribution >= 4 is 17.1 Å². The number of aromatic amines is 1. The molecular formula is C22H24N6O2. The zero-order valence-electron chi connectivity index (χ0n) is 17.3. The van der Waals surface area contributed by atoms with Crippen molar-refractivity contribution in [3.05, 3.63) is 65.4 Å². The Hall–Kier alpha value is -3.55. The maximum Gasteiger partial charge on any atom is 0.361 e. The number of esters is 1. The van der Waals surface area contributed by atoms with Gasteiger partial charge >= 0.3 is 5.97 Å². The number of ether oxygens (including phenoxy) is 1. The van der Waals surface area contributed by atoms with Crippen molar-refractivity contribution < 1.29 is 9.53 Å². The Balaban J connectivity index is 1.57. The van der Waals surface area contributed by atoms with E-state index in [9.17, 15) is 4.79 Å². The molecule has 30 heavy (non-hydrogen) atoms. The second-order valence-corrected chi connectivity index (χ2v) is 7.43. The number of imidazole rings is 1. The normalized spacial score (nSPS) is 11.3. The van der Waals surface area contributed by atoms with Crippen molar-refractivity contribution in [2.45, 2.75) is 46.1 Å². The highest BCUT2D eigenvalue weighted by atomic mass is 16.5. The van der Waals surface area contributed by atoms with Gasteiger partial charge in [-0.3, -0.25) is 0 Å². The number of aromatic nitrogens is 6. The lowest BCUT2D eigenvalue weighted by Gasteiger charge is -2.10. The summed E-state index contributed by atoms with van der Waals surface area (Å²) < 4.78 is 7.20. The summed E-state index contributed by atoms with van der Waals surface area (Å²) in [5.41, 5.74) is 4.46. The summed E-state index contributed by atoms with van der Waals surface area (Å²) in [7, 11) is 0. The molecule has 1 N–H and O–H groups in total. The van der Waals surface area contributed by atoms with Gasteiger partial charge in [0, 0.05) is 6.20 Å². The Labute approximate surface area is 174 Å². The number of H-pyrrole nitrogens is 1. The lowest BCUT2D eigenvalue weighted by Crippen LogP contribution is -2.11. The smallest absolute Gasteiger partial charge is 0.361 e. The molecule has 0 spiro atoms. The minimum absolute atomic E-state index is 0.0104. The largest absolute Gasteiger partial charge is 0.453 e. The van der Waals surface area contributed by atoms with Crippen LogP contribution in [0.2, 0.25) is 0 Å². The summed E-state index contributed by atoms with van der Waals surface area (Å²) in [5, 5.41) is 8.38. The Morgan fingerprint density at radius 2 is 2.10 bits per heavy atom. The van der Waals surface area contributed by atoms with Crippen molar-refractivity contribution in [1.82, 2.24) is 29.9 Å². The maximum absolute atomic E-state index is 12.8. The SMILES string of the molecule is CCCc1c(C(=O)OCc2nc3ncccc3[nH]2)nnn1-c1cccc(C(C)C)c1. The highest BCUT2D eigenvalue weighted by Gasteiger charge is 2.22. The predicted octanol–water partition coefficient (Wildman–Crippen LogP) is 3.97. The molecule has 1 aromatic carbocycles. The Bertz CT molecular complexity index is 1140. The third-order valence-electron chi connectivity index (χ3n) is 4.87. The van der Waals surface area contributed by atoms with E-state index < -0.39 is 5.97 Å². The van der Waals surface area contributed by atoms with Crippen LogP contribution in [0.5, 0.6) is 0 Å². The third-order valence-corrected chi connectivity index (χ3v) is 4.87. The van der Waals surface area contributed by atoms with Gasteiger partial charge in [0.1, 0.15) is 12.4 Å². The standard InChI is InChI=1S/C22H24N6O2/c1-4-7-18-20(26-27-28(18)16-9-5-8-15(12-16)14(2)3)22(29)30-13-19-24-17-10-6-11-23-21(17)25-19/h5-6,8-12,14H,4,7,13H2,1-3H3,(H,23,24,25). The van der Waals surface area contributed by atoms with E-state index in [0.29, 0.717) is 23.8 Å². The fraction of sp³-hybridized carbons (Fsp3) is 0.318. The minimum Gasteiger partial charge on any atom is -0.453 e. The molecule has 0 saturated heterocycles. The van der Waals surface area contributed by atoms with E-state index in [4.69, 9.17) is 4.74 Å². The van der Waals surface area contributed by atoms with Gasteiger partial charge in [0.25, 0.3) is 0 Å². The molecule has 0 aliphatic heterocycles. The molecule has 0 aliphatic carbocycles. The fourth-order valence-corrected chi connectivity index (χ4v) is 3.31. The number of hydrogen-bond acceptors (Lipinski definition) is 6. The molecule has 0 aliphatic rings. The quantitative estimate of drug-likeness (QED) is 0.468. The van der Waals surface area contributed by atoms with Crippen LogP contribution in [0.15, 0.2) is 42.6 Å². The maximum atomic E-state index is 12.8. The molecular weight excluding hydrogens is 380 g/mol. The van der Waals surface area contributed by atoms with Crippen molar-refractivity contribution in [3.8, 4) is 5.69 Å². The summed E-state index contributed by atoms with van der Waals surface area (Å²) >= 11 is 0. The predicted molar refractivity (Wildman–Crippen MR) is 112 cm³/mol. The van der Waals surface area contributed by atoms with Gasteiger partial charge in [-0.2, -0.15) is 0 Å². The van der Waals surface area contributed by atoms with Crippen LogP contribution < -0.4 is 0 Å². The summed E-state index contributed by atoms with van der Waals surface area (Å²) in [6.07, 6.45) is 3.19. The number of nitrogens with one attached hydrogen (secondary N) is 1. The molecule has 0 saturated carbocycles. The van der Waals surface area contributed by atoms with Crippen LogP contribution >= 0.6 is 0 Å². The van der Waals surface area contributed by atoms with Gasteiger partial charge < -0.3 is 9.72 Å². The molecule has 8 nitrogen and oxygen atoms in total. The van der Waals surface area contributed by atoms with Crippen molar-refractivity contribution in [3.63, 3.8) is 0 Å². The number of benzene rings is 1. The monoisotopic (exact) mass is 404 g/mol. The zero-order chi connectivity index (χ0) is 21.1. The van der Waals surface area contributed by atoms with Crippen molar-refractivity contribution in [1.29, 1.82) is 0 Å². The first kappa shape index (κ1) is 19.8. The van der Waals surface area contributed by atoms with Crippen molar-refractivity contribution in [2.24, 2.45) is 0 Å². The lowest BCUT2D eigenvalue weighted by molar-refractivity contribution is 0.0455. The number of hydrogen-bond donors (Lipinski definition) is 1. The highest BCUT2D eigenvalue weighted by molar-refractivity contribution is 5.88. The van der Waals surface area contributed by atoms with Gasteiger partial charge in [0.15, 0.2) is 11.3 Å². The van der Waals surface area contributed by atoms with Crippen LogP contribution in [0.4, 0.5) is 0 Å². The van der Waals surface area contributed by atoms with Crippen LogP contribution in [0, 0.1) is 0 Å². The molecule has 4 aromatic rings. The van der Waals surface area contributed by atoms with Crippen LogP contribution in [0.3, 0.4) is 0 Å². The molecule has 0 fully saturated rings. The third kappa shape index (κ3) is 3.94. The molecule has 0 bridgehead atoms. The van der Waals surface area contributed by atoms with Crippen LogP contribution in [-0.4, -0.2) is 35.9 Å². The zero-order valence-corrected chi connectivity index (χ0v) is 17.3. The Morgan fingerprint density at radius 3 is 2.87 bits per heavy atom. The fourth-order valence-electron chi connectivity index (χ4n) is 3.31. The van der Waals surface area contributed by atoms with E-state index in [2.05, 4.69) is 58.2 Å². The van der Waals surface area contributed by atoms with Crippen LogP contribution in [0.1, 0.15) is 60.7 Å². The van der Waals surface area contributed by atoms with Crippen LogP contribution in [-0.2, 0) is 17.8 Å². The minimum atomic E-state index is -0.516. The number of carbonyl (C=O) groups is 1. The molecule has 8 heteroatoms. The summed E-state index contributed by atoms with van der Waals surface area (Å²) in [6.45, 7) is 6.35. The van der Waals surface area contributed by atoms with Gasteiger partial charge in [-0.25, -0.2) is 19.4 Å². The topological polar surface area (TPSA) is 98.6 Å². The summed E-state index contributed by atoms with van der Waals surface area (Å²) in [5.74, 6) is 0.412. The second-order valence-electron chi connectivity index (χ2n) is 7.43. The molecule has 3 aromatic heterocycles.